The van der Waals surface area contributed by atoms with E-state index >= 15 is 0 Å². The van der Waals surface area contributed by atoms with Crippen LogP contribution < -0.4 is 5.73 Å². The van der Waals surface area contributed by atoms with Crippen LogP contribution in [0.25, 0.3) is 0 Å². The van der Waals surface area contributed by atoms with Gasteiger partial charge in [-0.15, -0.1) is 0 Å². The Morgan fingerprint density at radius 2 is 2.11 bits per heavy atom. The van der Waals surface area contributed by atoms with Crippen LogP contribution in [0.4, 0.5) is 0 Å². The monoisotopic (exact) mass is 147 g/mol. The van der Waals surface area contributed by atoms with Crippen LogP contribution in [0.5, 0.6) is 0 Å². The number of rotatable bonds is 2. The molecule has 0 atom stereocenters. The first kappa shape index (κ1) is 8.37. The molecule has 2 nitrogen and oxygen atoms in total. The van der Waals surface area contributed by atoms with E-state index in [0.29, 0.717) is 0 Å². The topological polar surface area (TPSA) is 35.2 Å². The van der Waals surface area contributed by atoms with Crippen molar-refractivity contribution in [1.29, 1.82) is 0 Å². The van der Waals surface area contributed by atoms with Crippen molar-refractivity contribution in [3.8, 4) is 0 Å². The molecule has 0 rings (SSSR count). The zero-order chi connectivity index (χ0) is 7.28. The molecule has 3 heteroatoms. The van der Waals surface area contributed by atoms with Crippen LogP contribution in [0.1, 0.15) is 6.92 Å². The van der Waals surface area contributed by atoms with Crippen molar-refractivity contribution >= 4 is 11.6 Å². The molecular formula is C6H10ClNO. The maximum absolute atomic E-state index is 5.32. The van der Waals surface area contributed by atoms with Crippen molar-refractivity contribution in [3.63, 3.8) is 0 Å². The van der Waals surface area contributed by atoms with E-state index in [4.69, 9.17) is 22.1 Å². The summed E-state index contributed by atoms with van der Waals surface area (Å²) in [5.41, 5.74) is 5.12. The number of halogens is 1. The van der Waals surface area contributed by atoms with E-state index in [0.717, 1.165) is 5.76 Å². The Morgan fingerprint density at radius 1 is 1.56 bits per heavy atom. The second-order valence-corrected chi connectivity index (χ2v) is 1.97. The molecule has 0 unspecified atom stereocenters. The maximum atomic E-state index is 5.32. The molecule has 0 spiro atoms. The van der Waals surface area contributed by atoms with Crippen molar-refractivity contribution in [3.05, 3.63) is 23.1 Å². The molecule has 9 heavy (non-hydrogen) atoms. The molecule has 0 aromatic carbocycles. The van der Waals surface area contributed by atoms with Crippen LogP contribution in [0.15, 0.2) is 23.1 Å². The number of allylic oxidation sites excluding steroid dienone is 3. The van der Waals surface area contributed by atoms with Gasteiger partial charge in [0.1, 0.15) is 0 Å². The summed E-state index contributed by atoms with van der Waals surface area (Å²) >= 11 is 5.32. The van der Waals surface area contributed by atoms with E-state index < -0.39 is 0 Å². The molecular weight excluding hydrogens is 138 g/mol. The minimum absolute atomic E-state index is 0.256. The van der Waals surface area contributed by atoms with Gasteiger partial charge in [0.25, 0.3) is 0 Å². The molecule has 2 N–H and O–H groups in total. The fraction of sp³-hybridized carbons (Fsp3) is 0.333. The van der Waals surface area contributed by atoms with E-state index in [9.17, 15) is 0 Å². The first-order valence-electron chi connectivity index (χ1n) is 2.50. The van der Waals surface area contributed by atoms with Gasteiger partial charge >= 0.3 is 0 Å². The zero-order valence-electron chi connectivity index (χ0n) is 5.52. The van der Waals surface area contributed by atoms with Gasteiger partial charge in [-0.05, 0) is 19.1 Å². The molecule has 0 amide bonds. The highest BCUT2D eigenvalue weighted by molar-refractivity contribution is 6.29. The predicted octanol–water partition coefficient (Wildman–Crippen LogP) is 1.58. The first-order chi connectivity index (χ1) is 4.16. The molecule has 0 aliphatic rings. The lowest BCUT2D eigenvalue weighted by Gasteiger charge is -1.93. The van der Waals surface area contributed by atoms with Gasteiger partial charge in [0.15, 0.2) is 0 Å². The van der Waals surface area contributed by atoms with Crippen LogP contribution in [-0.4, -0.2) is 7.11 Å². The van der Waals surface area contributed by atoms with Gasteiger partial charge < -0.3 is 10.5 Å². The average molecular weight is 148 g/mol. The number of methoxy groups -OCH3 is 1. The van der Waals surface area contributed by atoms with Crippen LogP contribution in [0.2, 0.25) is 0 Å². The third-order valence-corrected chi connectivity index (χ3v) is 0.925. The van der Waals surface area contributed by atoms with Crippen molar-refractivity contribution in [2.45, 2.75) is 6.92 Å². The standard InChI is InChI=1S/C6H10ClNO/c1-5(9-2)3-4-6(7)8/h3-4H,8H2,1-2H3/b5-3+,6-4-. The molecule has 0 bridgehead atoms. The fourth-order valence-electron chi connectivity index (χ4n) is 0.265. The van der Waals surface area contributed by atoms with E-state index in [1.165, 1.54) is 0 Å². The van der Waals surface area contributed by atoms with E-state index in [2.05, 4.69) is 0 Å². The lowest BCUT2D eigenvalue weighted by atomic mass is 10.5. The number of ether oxygens (including phenoxy) is 1. The summed E-state index contributed by atoms with van der Waals surface area (Å²) in [6.45, 7) is 1.82. The van der Waals surface area contributed by atoms with Crippen LogP contribution in [0, 0.1) is 0 Å². The van der Waals surface area contributed by atoms with Crippen molar-refractivity contribution < 1.29 is 4.74 Å². The largest absolute Gasteiger partial charge is 0.501 e. The molecule has 0 radical (unpaired) electrons. The lowest BCUT2D eigenvalue weighted by Crippen LogP contribution is -1.85. The highest BCUT2D eigenvalue weighted by Crippen LogP contribution is 1.96. The normalized spacial score (nSPS) is 13.7. The van der Waals surface area contributed by atoms with Crippen molar-refractivity contribution in [1.82, 2.24) is 0 Å². The fourth-order valence-corrected chi connectivity index (χ4v) is 0.328. The Labute approximate surface area is 59.9 Å². The van der Waals surface area contributed by atoms with E-state index in [-0.39, 0.29) is 5.16 Å². The Kier molecular flexibility index (Phi) is 3.97. The number of hydrogen-bond acceptors (Lipinski definition) is 2. The Balaban J connectivity index is 3.83. The highest BCUT2D eigenvalue weighted by atomic mass is 35.5. The third kappa shape index (κ3) is 5.24. The summed E-state index contributed by atoms with van der Waals surface area (Å²) in [4.78, 5) is 0. The van der Waals surface area contributed by atoms with Gasteiger partial charge in [-0.25, -0.2) is 0 Å². The van der Waals surface area contributed by atoms with Gasteiger partial charge in [0.2, 0.25) is 0 Å². The summed E-state index contributed by atoms with van der Waals surface area (Å²) in [6, 6.07) is 0. The third-order valence-electron chi connectivity index (χ3n) is 0.799. The van der Waals surface area contributed by atoms with Gasteiger partial charge in [0, 0.05) is 0 Å². The molecule has 0 aliphatic heterocycles. The molecule has 0 aliphatic carbocycles. The van der Waals surface area contributed by atoms with Gasteiger partial charge in [-0.1, -0.05) is 11.6 Å². The summed E-state index contributed by atoms with van der Waals surface area (Å²) in [7, 11) is 1.59. The second-order valence-electron chi connectivity index (χ2n) is 1.53. The second kappa shape index (κ2) is 4.27. The molecule has 52 valence electrons. The first-order valence-corrected chi connectivity index (χ1v) is 2.88. The summed E-state index contributed by atoms with van der Waals surface area (Å²) in [5.74, 6) is 0.776. The predicted molar refractivity (Wildman–Crippen MR) is 38.9 cm³/mol. The number of hydrogen-bond donors (Lipinski definition) is 1. The Morgan fingerprint density at radius 3 is 2.44 bits per heavy atom. The molecule has 0 saturated carbocycles. The molecule has 0 fully saturated rings. The van der Waals surface area contributed by atoms with Crippen molar-refractivity contribution in [2.75, 3.05) is 7.11 Å². The minimum Gasteiger partial charge on any atom is -0.501 e. The van der Waals surface area contributed by atoms with Gasteiger partial charge in [-0.3, -0.25) is 0 Å². The Bertz CT molecular complexity index is 136. The minimum atomic E-state index is 0.256. The SMILES string of the molecule is CO/C(C)=C/C=C(\N)Cl. The summed E-state index contributed by atoms with van der Waals surface area (Å²) < 4.78 is 4.80. The van der Waals surface area contributed by atoms with Crippen LogP contribution in [0.3, 0.4) is 0 Å². The average Bonchev–Trinajstić information content (AvgIpc) is 1.83. The quantitative estimate of drug-likeness (QED) is 0.366. The molecule has 0 aromatic rings. The van der Waals surface area contributed by atoms with Crippen LogP contribution in [-0.2, 0) is 4.74 Å². The zero-order valence-corrected chi connectivity index (χ0v) is 6.27. The molecule has 0 heterocycles. The van der Waals surface area contributed by atoms with Crippen molar-refractivity contribution in [2.24, 2.45) is 5.73 Å². The van der Waals surface area contributed by atoms with Gasteiger partial charge in [-0.2, -0.15) is 0 Å². The molecule has 0 aromatic heterocycles. The van der Waals surface area contributed by atoms with E-state index in [1.807, 2.05) is 6.92 Å². The van der Waals surface area contributed by atoms with Gasteiger partial charge in [0.05, 0.1) is 18.0 Å². The van der Waals surface area contributed by atoms with E-state index in [1.54, 1.807) is 19.3 Å². The highest BCUT2D eigenvalue weighted by Gasteiger charge is 1.80. The molecule has 0 saturated heterocycles. The Hall–Kier alpha value is -0.630. The van der Waals surface area contributed by atoms with Crippen LogP contribution >= 0.6 is 11.6 Å². The maximum Gasteiger partial charge on any atom is 0.0993 e. The smallest absolute Gasteiger partial charge is 0.0993 e. The summed E-state index contributed by atoms with van der Waals surface area (Å²) in [5, 5.41) is 0.256. The number of nitrogens with two attached hydrogens (primary N) is 1. The summed E-state index contributed by atoms with van der Waals surface area (Å²) in [6.07, 6.45) is 3.27. The lowest BCUT2D eigenvalue weighted by molar-refractivity contribution is 0.294.